The number of anilines is 1. The first kappa shape index (κ1) is 23.6. The first-order valence-corrected chi connectivity index (χ1v) is 13.0. The van der Waals surface area contributed by atoms with E-state index in [1.54, 1.807) is 22.5 Å². The van der Waals surface area contributed by atoms with Crippen LogP contribution in [0.25, 0.3) is 0 Å². The van der Waals surface area contributed by atoms with Gasteiger partial charge in [-0.2, -0.15) is 4.31 Å². The van der Waals surface area contributed by atoms with Crippen molar-refractivity contribution in [3.63, 3.8) is 0 Å². The molecule has 8 heteroatoms. The fourth-order valence-corrected chi connectivity index (χ4v) is 5.48. The van der Waals surface area contributed by atoms with Crippen molar-refractivity contribution in [3.05, 3.63) is 94.0 Å². The minimum atomic E-state index is -3.47. The minimum absolute atomic E-state index is 0.159. The van der Waals surface area contributed by atoms with Crippen LogP contribution in [0.5, 0.6) is 0 Å². The summed E-state index contributed by atoms with van der Waals surface area (Å²) in [6, 6.07) is 22.0. The van der Waals surface area contributed by atoms with Crippen molar-refractivity contribution < 1.29 is 13.2 Å². The summed E-state index contributed by atoms with van der Waals surface area (Å²) < 4.78 is 28.3. The number of rotatable bonds is 6. The Morgan fingerprint density at radius 2 is 1.61 bits per heavy atom. The van der Waals surface area contributed by atoms with Crippen LogP contribution in [0.2, 0.25) is 0 Å². The van der Waals surface area contributed by atoms with Crippen LogP contribution in [0.4, 0.5) is 5.69 Å². The number of benzene rings is 3. The zero-order valence-corrected chi connectivity index (χ0v) is 20.8. The lowest BCUT2D eigenvalue weighted by Gasteiger charge is -2.34. The van der Waals surface area contributed by atoms with E-state index < -0.39 is 10.0 Å². The molecule has 1 aliphatic rings. The lowest BCUT2D eigenvalue weighted by atomic mass is 10.1. The van der Waals surface area contributed by atoms with Gasteiger partial charge in [0.1, 0.15) is 0 Å². The monoisotopic (exact) mass is 527 g/mol. The number of piperazine rings is 1. The Morgan fingerprint density at radius 1 is 0.939 bits per heavy atom. The predicted molar refractivity (Wildman–Crippen MR) is 134 cm³/mol. The van der Waals surface area contributed by atoms with Gasteiger partial charge in [0.25, 0.3) is 5.91 Å². The Labute approximate surface area is 203 Å². The van der Waals surface area contributed by atoms with Crippen molar-refractivity contribution in [2.75, 3.05) is 31.5 Å². The fourth-order valence-electron chi connectivity index (χ4n) is 3.79. The highest BCUT2D eigenvalue weighted by Gasteiger charge is 2.28. The molecule has 0 atom stereocenters. The summed E-state index contributed by atoms with van der Waals surface area (Å²) in [5, 5.41) is 2.91. The van der Waals surface area contributed by atoms with Crippen molar-refractivity contribution >= 4 is 37.5 Å². The molecule has 1 aliphatic heterocycles. The van der Waals surface area contributed by atoms with E-state index in [1.807, 2.05) is 61.5 Å². The highest BCUT2D eigenvalue weighted by Crippen LogP contribution is 2.20. The van der Waals surface area contributed by atoms with Gasteiger partial charge < -0.3 is 5.32 Å². The average Bonchev–Trinajstić information content (AvgIpc) is 2.81. The minimum Gasteiger partial charge on any atom is -0.322 e. The molecule has 3 aromatic rings. The second-order valence-corrected chi connectivity index (χ2v) is 11.0. The number of carbonyl (C=O) groups excluding carboxylic acids is 1. The number of amides is 1. The quantitative estimate of drug-likeness (QED) is 0.511. The van der Waals surface area contributed by atoms with Crippen LogP contribution in [-0.2, 0) is 16.6 Å². The van der Waals surface area contributed by atoms with Crippen molar-refractivity contribution in [2.45, 2.75) is 18.4 Å². The standard InChI is InChI=1S/C25H26BrN3O3S/c1-19-5-11-24(12-6-19)33(31,32)29-15-13-28(14-16-29)18-20-3-2-4-21(17-20)25(30)27-23-9-7-22(26)8-10-23/h2-12,17H,13-16,18H2,1H3,(H,27,30). The first-order valence-electron chi connectivity index (χ1n) is 10.8. The van der Waals surface area contributed by atoms with E-state index in [4.69, 9.17) is 0 Å². The molecule has 0 saturated carbocycles. The summed E-state index contributed by atoms with van der Waals surface area (Å²) in [4.78, 5) is 15.2. The van der Waals surface area contributed by atoms with Gasteiger partial charge in [-0.1, -0.05) is 45.8 Å². The van der Waals surface area contributed by atoms with Crippen LogP contribution < -0.4 is 5.32 Å². The molecule has 6 nitrogen and oxygen atoms in total. The molecule has 0 unspecified atom stereocenters. The molecule has 4 rings (SSSR count). The van der Waals surface area contributed by atoms with Gasteiger partial charge in [0.15, 0.2) is 0 Å². The lowest BCUT2D eigenvalue weighted by Crippen LogP contribution is -2.48. The van der Waals surface area contributed by atoms with Gasteiger partial charge in [0.2, 0.25) is 10.0 Å². The van der Waals surface area contributed by atoms with E-state index in [-0.39, 0.29) is 5.91 Å². The largest absolute Gasteiger partial charge is 0.322 e. The predicted octanol–water partition coefficient (Wildman–Crippen LogP) is 4.52. The Balaban J connectivity index is 1.35. The fraction of sp³-hybridized carbons (Fsp3) is 0.240. The van der Waals surface area contributed by atoms with E-state index in [0.29, 0.717) is 43.2 Å². The molecular formula is C25H26BrN3O3S. The molecule has 0 aromatic heterocycles. The third-order valence-corrected chi connectivity index (χ3v) is 8.13. The van der Waals surface area contributed by atoms with Gasteiger partial charge in [-0.15, -0.1) is 0 Å². The van der Waals surface area contributed by atoms with E-state index in [9.17, 15) is 13.2 Å². The molecule has 1 N–H and O–H groups in total. The van der Waals surface area contributed by atoms with Gasteiger partial charge in [-0.3, -0.25) is 9.69 Å². The van der Waals surface area contributed by atoms with Crippen LogP contribution in [-0.4, -0.2) is 49.7 Å². The topological polar surface area (TPSA) is 69.7 Å². The van der Waals surface area contributed by atoms with Crippen molar-refractivity contribution in [1.29, 1.82) is 0 Å². The molecule has 0 radical (unpaired) electrons. The smallest absolute Gasteiger partial charge is 0.255 e. The zero-order chi connectivity index (χ0) is 23.4. The van der Waals surface area contributed by atoms with Gasteiger partial charge in [-0.25, -0.2) is 8.42 Å². The molecule has 33 heavy (non-hydrogen) atoms. The van der Waals surface area contributed by atoms with E-state index in [0.717, 1.165) is 21.3 Å². The Bertz CT molecular complexity index is 1220. The summed E-state index contributed by atoms with van der Waals surface area (Å²) in [6.45, 7) is 4.77. The second-order valence-electron chi connectivity index (χ2n) is 8.15. The number of sulfonamides is 1. The highest BCUT2D eigenvalue weighted by atomic mass is 79.9. The Morgan fingerprint density at radius 3 is 2.27 bits per heavy atom. The van der Waals surface area contributed by atoms with Crippen LogP contribution in [0.1, 0.15) is 21.5 Å². The van der Waals surface area contributed by atoms with Gasteiger partial charge in [0.05, 0.1) is 4.90 Å². The van der Waals surface area contributed by atoms with Gasteiger partial charge >= 0.3 is 0 Å². The zero-order valence-electron chi connectivity index (χ0n) is 18.4. The summed E-state index contributed by atoms with van der Waals surface area (Å²) in [5.74, 6) is -0.159. The Hall–Kier alpha value is -2.52. The van der Waals surface area contributed by atoms with Crippen LogP contribution in [0, 0.1) is 6.92 Å². The molecule has 1 saturated heterocycles. The third kappa shape index (κ3) is 5.89. The molecule has 1 amide bonds. The SMILES string of the molecule is Cc1ccc(S(=O)(=O)N2CCN(Cc3cccc(C(=O)Nc4ccc(Br)cc4)c3)CC2)cc1. The normalized spacial score (nSPS) is 15.3. The molecular weight excluding hydrogens is 502 g/mol. The number of nitrogens with zero attached hydrogens (tertiary/aromatic N) is 2. The van der Waals surface area contributed by atoms with Crippen LogP contribution in [0.15, 0.2) is 82.2 Å². The number of hydrogen-bond acceptors (Lipinski definition) is 4. The molecule has 3 aromatic carbocycles. The molecule has 0 spiro atoms. The Kier molecular flexibility index (Phi) is 7.29. The summed E-state index contributed by atoms with van der Waals surface area (Å²) in [5.41, 5.74) is 3.38. The number of aryl methyl sites for hydroxylation is 1. The van der Waals surface area contributed by atoms with E-state index in [1.165, 1.54) is 0 Å². The summed E-state index contributed by atoms with van der Waals surface area (Å²) >= 11 is 3.39. The van der Waals surface area contributed by atoms with Crippen LogP contribution in [0.3, 0.4) is 0 Å². The van der Waals surface area contributed by atoms with E-state index >= 15 is 0 Å². The number of halogens is 1. The third-order valence-electron chi connectivity index (χ3n) is 5.69. The first-order chi connectivity index (χ1) is 15.8. The van der Waals surface area contributed by atoms with Crippen LogP contribution >= 0.6 is 15.9 Å². The lowest BCUT2D eigenvalue weighted by molar-refractivity contribution is 0.102. The van der Waals surface area contributed by atoms with Crippen molar-refractivity contribution in [2.24, 2.45) is 0 Å². The van der Waals surface area contributed by atoms with Gasteiger partial charge in [0, 0.05) is 48.4 Å². The molecule has 1 fully saturated rings. The number of carbonyl (C=O) groups is 1. The molecule has 0 aliphatic carbocycles. The summed E-state index contributed by atoms with van der Waals surface area (Å²) in [6.07, 6.45) is 0. The number of nitrogens with one attached hydrogen (secondary N) is 1. The second kappa shape index (κ2) is 10.2. The molecule has 1 heterocycles. The van der Waals surface area contributed by atoms with Crippen molar-refractivity contribution in [3.8, 4) is 0 Å². The highest BCUT2D eigenvalue weighted by molar-refractivity contribution is 9.10. The maximum absolute atomic E-state index is 12.9. The average molecular weight is 528 g/mol. The molecule has 0 bridgehead atoms. The van der Waals surface area contributed by atoms with E-state index in [2.05, 4.69) is 26.1 Å². The molecule has 172 valence electrons. The maximum Gasteiger partial charge on any atom is 0.255 e. The summed E-state index contributed by atoms with van der Waals surface area (Å²) in [7, 11) is -3.47. The van der Waals surface area contributed by atoms with Crippen molar-refractivity contribution in [1.82, 2.24) is 9.21 Å². The van der Waals surface area contributed by atoms with Gasteiger partial charge in [-0.05, 0) is 61.0 Å². The maximum atomic E-state index is 12.9. The number of hydrogen-bond donors (Lipinski definition) is 1.